The van der Waals surface area contributed by atoms with Crippen molar-refractivity contribution in [3.63, 3.8) is 0 Å². The Hall–Kier alpha value is -2.09. The molecule has 0 saturated carbocycles. The van der Waals surface area contributed by atoms with Crippen LogP contribution >= 0.6 is 0 Å². The lowest BCUT2D eigenvalue weighted by atomic mass is 10.2. The number of ether oxygens (including phenoxy) is 2. The van der Waals surface area contributed by atoms with E-state index in [0.29, 0.717) is 38.5 Å². The lowest BCUT2D eigenvalue weighted by Gasteiger charge is -2.26. The predicted molar refractivity (Wildman–Crippen MR) is 87.7 cm³/mol. The molecule has 1 N–H and O–H groups in total. The van der Waals surface area contributed by atoms with E-state index in [1.165, 1.54) is 0 Å². The first-order valence-corrected chi connectivity index (χ1v) is 8.12. The van der Waals surface area contributed by atoms with E-state index in [1.807, 2.05) is 20.8 Å². The molecular weight excluding hydrogens is 312 g/mol. The molecule has 8 nitrogen and oxygen atoms in total. The molecule has 0 bridgehead atoms. The van der Waals surface area contributed by atoms with E-state index in [1.54, 1.807) is 22.8 Å². The first-order chi connectivity index (χ1) is 11.3. The SMILES string of the molecule is COCCNC(=O)c1cc2n(n1)CCCN(C(=O)OC(C)(C)C)C2. The van der Waals surface area contributed by atoms with E-state index >= 15 is 0 Å². The van der Waals surface area contributed by atoms with E-state index < -0.39 is 5.60 Å². The number of methoxy groups -OCH3 is 1. The second kappa shape index (κ2) is 7.65. The van der Waals surface area contributed by atoms with Crippen LogP contribution in [0.3, 0.4) is 0 Å². The van der Waals surface area contributed by atoms with Crippen LogP contribution in [0, 0.1) is 0 Å². The summed E-state index contributed by atoms with van der Waals surface area (Å²) in [4.78, 5) is 26.0. The summed E-state index contributed by atoms with van der Waals surface area (Å²) in [5.41, 5.74) is 0.651. The number of carbonyl (C=O) groups is 2. The van der Waals surface area contributed by atoms with Crippen molar-refractivity contribution >= 4 is 12.0 Å². The Morgan fingerprint density at radius 2 is 2.08 bits per heavy atom. The van der Waals surface area contributed by atoms with Crippen LogP contribution in [0.25, 0.3) is 0 Å². The average molecular weight is 338 g/mol. The Morgan fingerprint density at radius 1 is 1.33 bits per heavy atom. The van der Waals surface area contributed by atoms with Crippen LogP contribution in [-0.2, 0) is 22.6 Å². The summed E-state index contributed by atoms with van der Waals surface area (Å²) in [6.45, 7) is 8.06. The van der Waals surface area contributed by atoms with Crippen molar-refractivity contribution in [3.8, 4) is 0 Å². The minimum Gasteiger partial charge on any atom is -0.444 e. The highest BCUT2D eigenvalue weighted by atomic mass is 16.6. The quantitative estimate of drug-likeness (QED) is 0.839. The number of fused-ring (bicyclic) bond motifs is 1. The fourth-order valence-corrected chi connectivity index (χ4v) is 2.41. The van der Waals surface area contributed by atoms with Gasteiger partial charge in [-0.25, -0.2) is 4.79 Å². The van der Waals surface area contributed by atoms with Gasteiger partial charge in [-0.05, 0) is 33.3 Å². The van der Waals surface area contributed by atoms with Crippen LogP contribution in [-0.4, -0.2) is 59.1 Å². The van der Waals surface area contributed by atoms with E-state index in [-0.39, 0.29) is 12.0 Å². The van der Waals surface area contributed by atoms with Crippen molar-refractivity contribution in [1.82, 2.24) is 20.0 Å². The maximum atomic E-state index is 12.3. The summed E-state index contributed by atoms with van der Waals surface area (Å²) in [5, 5.41) is 7.09. The van der Waals surface area contributed by atoms with Gasteiger partial charge in [0, 0.05) is 26.7 Å². The second-order valence-electron chi connectivity index (χ2n) is 6.75. The Bertz CT molecular complexity index is 591. The molecule has 0 unspecified atom stereocenters. The topological polar surface area (TPSA) is 85.7 Å². The largest absolute Gasteiger partial charge is 0.444 e. The van der Waals surface area contributed by atoms with Gasteiger partial charge in [0.25, 0.3) is 5.91 Å². The number of aryl methyl sites for hydroxylation is 1. The first-order valence-electron chi connectivity index (χ1n) is 8.12. The average Bonchev–Trinajstić information content (AvgIpc) is 2.77. The van der Waals surface area contributed by atoms with Crippen LogP contribution in [0.15, 0.2) is 6.07 Å². The minimum atomic E-state index is -0.532. The van der Waals surface area contributed by atoms with Crippen molar-refractivity contribution in [2.45, 2.75) is 45.9 Å². The standard InChI is InChI=1S/C16H26N4O4/c1-16(2,3)24-15(22)19-7-5-8-20-12(11-19)10-13(18-20)14(21)17-6-9-23-4/h10H,5-9,11H2,1-4H3,(H,17,21). The molecule has 0 radical (unpaired) electrons. The Labute approximate surface area is 142 Å². The molecule has 1 aromatic rings. The van der Waals surface area contributed by atoms with Crippen molar-refractivity contribution < 1.29 is 19.1 Å². The Balaban J connectivity index is 2.05. The van der Waals surface area contributed by atoms with Crippen LogP contribution in [0.1, 0.15) is 43.4 Å². The molecule has 2 amide bonds. The van der Waals surface area contributed by atoms with Crippen LogP contribution in [0.2, 0.25) is 0 Å². The van der Waals surface area contributed by atoms with Crippen LogP contribution < -0.4 is 5.32 Å². The lowest BCUT2D eigenvalue weighted by Crippen LogP contribution is -2.36. The van der Waals surface area contributed by atoms with Gasteiger partial charge < -0.3 is 19.7 Å². The molecule has 2 heterocycles. The third-order valence-electron chi connectivity index (χ3n) is 3.49. The minimum absolute atomic E-state index is 0.239. The summed E-state index contributed by atoms with van der Waals surface area (Å²) in [5.74, 6) is -0.239. The van der Waals surface area contributed by atoms with Gasteiger partial charge in [0.2, 0.25) is 0 Å². The number of amides is 2. The molecule has 1 aliphatic heterocycles. The smallest absolute Gasteiger partial charge is 0.410 e. The molecule has 2 rings (SSSR count). The molecule has 134 valence electrons. The van der Waals surface area contributed by atoms with Crippen molar-refractivity contribution in [1.29, 1.82) is 0 Å². The molecule has 8 heteroatoms. The maximum absolute atomic E-state index is 12.3. The van der Waals surface area contributed by atoms with Crippen molar-refractivity contribution in [2.24, 2.45) is 0 Å². The van der Waals surface area contributed by atoms with Gasteiger partial charge in [-0.2, -0.15) is 5.10 Å². The number of rotatable bonds is 4. The number of nitrogens with zero attached hydrogens (tertiary/aromatic N) is 3. The van der Waals surface area contributed by atoms with E-state index in [2.05, 4.69) is 10.4 Å². The van der Waals surface area contributed by atoms with Gasteiger partial charge in [-0.3, -0.25) is 9.48 Å². The molecule has 0 saturated heterocycles. The van der Waals surface area contributed by atoms with Gasteiger partial charge in [-0.15, -0.1) is 0 Å². The fraction of sp³-hybridized carbons (Fsp3) is 0.688. The second-order valence-corrected chi connectivity index (χ2v) is 6.75. The summed E-state index contributed by atoms with van der Waals surface area (Å²) < 4.78 is 12.1. The molecule has 24 heavy (non-hydrogen) atoms. The van der Waals surface area contributed by atoms with Gasteiger partial charge in [0.1, 0.15) is 5.60 Å². The molecule has 1 aromatic heterocycles. The van der Waals surface area contributed by atoms with Gasteiger partial charge >= 0.3 is 6.09 Å². The number of nitrogens with one attached hydrogen (secondary N) is 1. The molecule has 0 fully saturated rings. The third kappa shape index (κ3) is 4.95. The van der Waals surface area contributed by atoms with Crippen molar-refractivity contribution in [3.05, 3.63) is 17.5 Å². The summed E-state index contributed by atoms with van der Waals surface area (Å²) in [6.07, 6.45) is 0.418. The third-order valence-corrected chi connectivity index (χ3v) is 3.49. The van der Waals surface area contributed by atoms with E-state index in [4.69, 9.17) is 9.47 Å². The number of hydrogen-bond donors (Lipinski definition) is 1. The monoisotopic (exact) mass is 338 g/mol. The number of aromatic nitrogens is 2. The molecule has 0 aromatic carbocycles. The molecule has 1 aliphatic rings. The van der Waals surface area contributed by atoms with E-state index in [0.717, 1.165) is 12.1 Å². The van der Waals surface area contributed by atoms with Gasteiger partial charge in [0.05, 0.1) is 18.8 Å². The van der Waals surface area contributed by atoms with Gasteiger partial charge in [-0.1, -0.05) is 0 Å². The van der Waals surface area contributed by atoms with Crippen LogP contribution in [0.5, 0.6) is 0 Å². The normalized spacial score (nSPS) is 14.8. The Kier molecular flexibility index (Phi) is 5.82. The number of hydrogen-bond acceptors (Lipinski definition) is 5. The van der Waals surface area contributed by atoms with Crippen LogP contribution in [0.4, 0.5) is 4.79 Å². The highest BCUT2D eigenvalue weighted by Gasteiger charge is 2.26. The predicted octanol–water partition coefficient (Wildman–Crippen LogP) is 1.40. The molecule has 0 spiro atoms. The summed E-state index contributed by atoms with van der Waals surface area (Å²) in [6, 6.07) is 1.73. The highest BCUT2D eigenvalue weighted by Crippen LogP contribution is 2.17. The molecule has 0 aliphatic carbocycles. The molecule has 0 atom stereocenters. The Morgan fingerprint density at radius 3 is 2.75 bits per heavy atom. The maximum Gasteiger partial charge on any atom is 0.410 e. The van der Waals surface area contributed by atoms with Crippen molar-refractivity contribution in [2.75, 3.05) is 26.8 Å². The summed E-state index contributed by atoms with van der Waals surface area (Å²) in [7, 11) is 1.58. The zero-order valence-electron chi connectivity index (χ0n) is 14.8. The first kappa shape index (κ1) is 18.3. The fourth-order valence-electron chi connectivity index (χ4n) is 2.41. The lowest BCUT2D eigenvalue weighted by molar-refractivity contribution is 0.0236. The number of carbonyl (C=O) groups excluding carboxylic acids is 2. The zero-order valence-corrected chi connectivity index (χ0v) is 14.8. The van der Waals surface area contributed by atoms with E-state index in [9.17, 15) is 9.59 Å². The highest BCUT2D eigenvalue weighted by molar-refractivity contribution is 5.92. The van der Waals surface area contributed by atoms with Gasteiger partial charge in [0.15, 0.2) is 5.69 Å². The summed E-state index contributed by atoms with van der Waals surface area (Å²) >= 11 is 0. The molecular formula is C16H26N4O4. The zero-order chi connectivity index (χ0) is 17.7.